The highest BCUT2D eigenvalue weighted by atomic mass is 16.5. The molecule has 0 aromatic carbocycles. The van der Waals surface area contributed by atoms with Crippen molar-refractivity contribution in [2.24, 2.45) is 5.92 Å². The second-order valence-electron chi connectivity index (χ2n) is 6.85. The summed E-state index contributed by atoms with van der Waals surface area (Å²) in [5.41, 5.74) is 0. The number of morpholine rings is 1. The van der Waals surface area contributed by atoms with Crippen LogP contribution in [0.4, 0.5) is 0 Å². The van der Waals surface area contributed by atoms with Crippen LogP contribution in [0, 0.1) is 5.92 Å². The molecule has 0 saturated carbocycles. The molecule has 0 unspecified atom stereocenters. The van der Waals surface area contributed by atoms with E-state index in [0.717, 1.165) is 25.3 Å². The molecule has 132 valence electrons. The Morgan fingerprint density at radius 2 is 2.09 bits per heavy atom. The van der Waals surface area contributed by atoms with Gasteiger partial charge in [-0.2, -0.15) is 0 Å². The van der Waals surface area contributed by atoms with Crippen LogP contribution >= 0.6 is 0 Å². The van der Waals surface area contributed by atoms with E-state index in [9.17, 15) is 9.59 Å². The van der Waals surface area contributed by atoms with Gasteiger partial charge in [-0.05, 0) is 44.7 Å². The third kappa shape index (κ3) is 5.77. The van der Waals surface area contributed by atoms with E-state index >= 15 is 0 Å². The molecule has 2 rings (SSSR count). The molecule has 2 fully saturated rings. The van der Waals surface area contributed by atoms with Crippen molar-refractivity contribution >= 4 is 11.8 Å². The summed E-state index contributed by atoms with van der Waals surface area (Å²) in [7, 11) is 0. The fourth-order valence-corrected chi connectivity index (χ4v) is 3.48. The number of ether oxygens (including phenoxy) is 1. The molecule has 1 N–H and O–H groups in total. The number of carbonyl (C=O) groups excluding carboxylic acids is 2. The standard InChI is InChI=1S/C17H31N3O3/c1-14-6-5-9-19(12-14)8-4-3-7-18-17(22)16-13-23-11-10-20(16)15(2)21/h14,16H,3-13H2,1-2H3,(H,18,22)/t14-,16+/m0/s1. The van der Waals surface area contributed by atoms with Gasteiger partial charge >= 0.3 is 0 Å². The van der Waals surface area contributed by atoms with Gasteiger partial charge in [0.05, 0.1) is 13.2 Å². The molecule has 0 bridgehead atoms. The Hall–Kier alpha value is -1.14. The minimum Gasteiger partial charge on any atom is -0.377 e. The lowest BCUT2D eigenvalue weighted by Crippen LogP contribution is -2.55. The van der Waals surface area contributed by atoms with Gasteiger partial charge in [-0.3, -0.25) is 9.59 Å². The number of nitrogens with one attached hydrogen (secondary N) is 1. The summed E-state index contributed by atoms with van der Waals surface area (Å²) >= 11 is 0. The van der Waals surface area contributed by atoms with Gasteiger partial charge in [-0.1, -0.05) is 6.92 Å². The third-order valence-corrected chi connectivity index (χ3v) is 4.78. The summed E-state index contributed by atoms with van der Waals surface area (Å²) in [5, 5.41) is 2.95. The average molecular weight is 325 g/mol. The smallest absolute Gasteiger partial charge is 0.245 e. The summed E-state index contributed by atoms with van der Waals surface area (Å²) < 4.78 is 5.34. The number of carbonyl (C=O) groups is 2. The van der Waals surface area contributed by atoms with Crippen LogP contribution in [0.2, 0.25) is 0 Å². The third-order valence-electron chi connectivity index (χ3n) is 4.78. The lowest BCUT2D eigenvalue weighted by atomic mass is 10.0. The quantitative estimate of drug-likeness (QED) is 0.736. The van der Waals surface area contributed by atoms with Crippen LogP contribution in [0.25, 0.3) is 0 Å². The van der Waals surface area contributed by atoms with Crippen molar-refractivity contribution in [1.29, 1.82) is 0 Å². The van der Waals surface area contributed by atoms with E-state index in [0.29, 0.717) is 26.3 Å². The summed E-state index contributed by atoms with van der Waals surface area (Å²) in [4.78, 5) is 27.9. The lowest BCUT2D eigenvalue weighted by Gasteiger charge is -2.33. The van der Waals surface area contributed by atoms with Crippen molar-refractivity contribution in [2.75, 3.05) is 45.9 Å². The number of piperidine rings is 1. The van der Waals surface area contributed by atoms with Crippen LogP contribution in [0.3, 0.4) is 0 Å². The van der Waals surface area contributed by atoms with E-state index in [-0.39, 0.29) is 11.8 Å². The van der Waals surface area contributed by atoms with E-state index in [2.05, 4.69) is 17.1 Å². The van der Waals surface area contributed by atoms with Crippen molar-refractivity contribution in [3.8, 4) is 0 Å². The van der Waals surface area contributed by atoms with Gasteiger partial charge in [-0.25, -0.2) is 0 Å². The first-order valence-corrected chi connectivity index (χ1v) is 8.93. The molecular weight excluding hydrogens is 294 g/mol. The van der Waals surface area contributed by atoms with Crippen molar-refractivity contribution in [1.82, 2.24) is 15.1 Å². The Morgan fingerprint density at radius 3 is 2.83 bits per heavy atom. The van der Waals surface area contributed by atoms with Crippen molar-refractivity contribution in [3.05, 3.63) is 0 Å². The predicted octanol–water partition coefficient (Wildman–Crippen LogP) is 0.862. The number of unbranched alkanes of at least 4 members (excludes halogenated alkanes) is 1. The van der Waals surface area contributed by atoms with Crippen LogP contribution in [0.5, 0.6) is 0 Å². The Labute approximate surface area is 139 Å². The highest BCUT2D eigenvalue weighted by molar-refractivity contribution is 5.87. The van der Waals surface area contributed by atoms with Crippen LogP contribution in [-0.2, 0) is 14.3 Å². The molecule has 2 amide bonds. The van der Waals surface area contributed by atoms with Gasteiger partial charge in [0.25, 0.3) is 0 Å². The fraction of sp³-hybridized carbons (Fsp3) is 0.882. The molecule has 2 aliphatic heterocycles. The van der Waals surface area contributed by atoms with Gasteiger partial charge in [-0.15, -0.1) is 0 Å². The number of amides is 2. The lowest BCUT2D eigenvalue weighted by molar-refractivity contribution is -0.146. The van der Waals surface area contributed by atoms with E-state index in [4.69, 9.17) is 4.74 Å². The molecule has 0 spiro atoms. The number of hydrogen-bond donors (Lipinski definition) is 1. The summed E-state index contributed by atoms with van der Waals surface area (Å²) in [6.45, 7) is 9.35. The largest absolute Gasteiger partial charge is 0.377 e. The first-order valence-electron chi connectivity index (χ1n) is 8.93. The molecule has 0 aromatic heterocycles. The van der Waals surface area contributed by atoms with Crippen LogP contribution in [0.1, 0.15) is 39.5 Å². The first kappa shape index (κ1) is 18.2. The number of rotatable bonds is 6. The number of hydrogen-bond acceptors (Lipinski definition) is 4. The highest BCUT2D eigenvalue weighted by Crippen LogP contribution is 2.15. The maximum absolute atomic E-state index is 12.2. The van der Waals surface area contributed by atoms with E-state index < -0.39 is 6.04 Å². The summed E-state index contributed by atoms with van der Waals surface area (Å²) in [6.07, 6.45) is 4.73. The van der Waals surface area contributed by atoms with Gasteiger partial charge in [0, 0.05) is 26.6 Å². The Morgan fingerprint density at radius 1 is 1.26 bits per heavy atom. The molecule has 2 heterocycles. The molecule has 0 aliphatic carbocycles. The summed E-state index contributed by atoms with van der Waals surface area (Å²) in [6, 6.07) is -0.468. The molecule has 6 nitrogen and oxygen atoms in total. The van der Waals surface area contributed by atoms with Gasteiger partial charge in [0.2, 0.25) is 11.8 Å². The van der Waals surface area contributed by atoms with Gasteiger partial charge < -0.3 is 19.9 Å². The van der Waals surface area contributed by atoms with E-state index in [1.54, 1.807) is 4.90 Å². The number of likely N-dealkylation sites (tertiary alicyclic amines) is 1. The maximum Gasteiger partial charge on any atom is 0.245 e. The monoisotopic (exact) mass is 325 g/mol. The SMILES string of the molecule is CC(=O)N1CCOC[C@@H]1C(=O)NCCCCN1CCC[C@H](C)C1. The van der Waals surface area contributed by atoms with Gasteiger partial charge in [0.15, 0.2) is 0 Å². The molecule has 6 heteroatoms. The Balaban J connectivity index is 1.61. The van der Waals surface area contributed by atoms with Crippen molar-refractivity contribution in [3.63, 3.8) is 0 Å². The molecule has 23 heavy (non-hydrogen) atoms. The highest BCUT2D eigenvalue weighted by Gasteiger charge is 2.30. The second kappa shape index (κ2) is 9.23. The fourth-order valence-electron chi connectivity index (χ4n) is 3.48. The van der Waals surface area contributed by atoms with Gasteiger partial charge in [0.1, 0.15) is 6.04 Å². The topological polar surface area (TPSA) is 61.9 Å². The molecule has 0 radical (unpaired) electrons. The zero-order valence-corrected chi connectivity index (χ0v) is 14.6. The maximum atomic E-state index is 12.2. The minimum absolute atomic E-state index is 0.0623. The average Bonchev–Trinajstić information content (AvgIpc) is 2.54. The zero-order chi connectivity index (χ0) is 16.7. The normalized spacial score (nSPS) is 26.1. The first-order chi connectivity index (χ1) is 11.1. The van der Waals surface area contributed by atoms with E-state index in [1.807, 2.05) is 0 Å². The molecular formula is C17H31N3O3. The predicted molar refractivity (Wildman–Crippen MR) is 89.1 cm³/mol. The van der Waals surface area contributed by atoms with E-state index in [1.165, 1.54) is 32.9 Å². The zero-order valence-electron chi connectivity index (χ0n) is 14.6. The Kier molecular flexibility index (Phi) is 7.30. The summed E-state index contributed by atoms with van der Waals surface area (Å²) in [5.74, 6) is 0.659. The number of nitrogens with zero attached hydrogens (tertiary/aromatic N) is 2. The van der Waals surface area contributed by atoms with Crippen LogP contribution in [0.15, 0.2) is 0 Å². The van der Waals surface area contributed by atoms with Crippen LogP contribution in [-0.4, -0.2) is 73.6 Å². The molecule has 2 saturated heterocycles. The molecule has 0 aromatic rings. The molecule has 2 atom stereocenters. The minimum atomic E-state index is -0.468. The second-order valence-corrected chi connectivity index (χ2v) is 6.85. The van der Waals surface area contributed by atoms with Crippen molar-refractivity contribution < 1.29 is 14.3 Å². The Bertz CT molecular complexity index is 403. The van der Waals surface area contributed by atoms with Crippen LogP contribution < -0.4 is 5.32 Å². The molecule has 2 aliphatic rings. The van der Waals surface area contributed by atoms with Crippen molar-refractivity contribution in [2.45, 2.75) is 45.6 Å².